The normalized spacial score (nSPS) is 12.0. The van der Waals surface area contributed by atoms with Gasteiger partial charge in [0.1, 0.15) is 0 Å². The van der Waals surface area contributed by atoms with Crippen LogP contribution in [0.5, 0.6) is 0 Å². The van der Waals surface area contributed by atoms with Gasteiger partial charge in [-0.1, -0.05) is 31.2 Å². The Morgan fingerprint density at radius 1 is 0.857 bits per heavy atom. The minimum absolute atomic E-state index is 0.112. The second-order valence-electron chi connectivity index (χ2n) is 5.03. The van der Waals surface area contributed by atoms with Gasteiger partial charge in [-0.3, -0.25) is 0 Å². The van der Waals surface area contributed by atoms with Gasteiger partial charge in [0.25, 0.3) is 0 Å². The fourth-order valence-corrected chi connectivity index (χ4v) is 2.14. The van der Waals surface area contributed by atoms with Crippen LogP contribution in [0.15, 0.2) is 36.5 Å². The molecule has 0 radical (unpaired) electrons. The molecule has 0 heterocycles. The van der Waals surface area contributed by atoms with Gasteiger partial charge in [-0.15, -0.1) is 0 Å². The van der Waals surface area contributed by atoms with Crippen molar-refractivity contribution in [2.24, 2.45) is 0 Å². The van der Waals surface area contributed by atoms with Crippen molar-refractivity contribution in [2.75, 3.05) is 0 Å². The van der Waals surface area contributed by atoms with Gasteiger partial charge in [0.05, 0.1) is 0 Å². The maximum atomic E-state index is 10.9. The zero-order valence-corrected chi connectivity index (χ0v) is 15.3. The van der Waals surface area contributed by atoms with Crippen molar-refractivity contribution in [3.8, 4) is 0 Å². The number of allylic oxidation sites excluding steroid dienone is 6. The van der Waals surface area contributed by atoms with Crippen LogP contribution in [-0.2, 0) is 29.5 Å². The number of unbranched alkanes of at least 4 members (excludes halogenated alkanes) is 5. The summed E-state index contributed by atoms with van der Waals surface area (Å²) in [6.07, 6.45) is 24.1. The Balaban J connectivity index is 3.25. The zero-order valence-electron chi connectivity index (χ0n) is 13.2. The molecule has 0 aliphatic rings. The van der Waals surface area contributed by atoms with E-state index >= 15 is 0 Å². The predicted octanol–water partition coefficient (Wildman–Crippen LogP) is 5.58. The fraction of sp³-hybridized carbons (Fsp3) is 0.611. The standard InChI is InChI=1S/C18H30O2.Au/c1-2-3-4-5-6-7-8-9-10-11-12-13-14-15-16-17-18(19)20;/h3-4,6-7,9-10H,2,5,8,11-17H2,1H3,(H,19,20);/q;+1/p-1/b4-3-,7-6-,10-9-;. The third kappa shape index (κ3) is 17.4. The van der Waals surface area contributed by atoms with Crippen LogP contribution in [-0.4, -0.2) is 5.97 Å². The Bertz CT molecular complexity index is 319. The third-order valence-corrected chi connectivity index (χ3v) is 3.59. The average molecular weight is 474 g/mol. The molecule has 0 saturated carbocycles. The molecule has 0 aromatic carbocycles. The van der Waals surface area contributed by atoms with E-state index in [0.29, 0.717) is 6.42 Å². The van der Waals surface area contributed by atoms with E-state index in [1.807, 2.05) is 21.5 Å². The summed E-state index contributed by atoms with van der Waals surface area (Å²) in [5.74, 6) is -0.112. The van der Waals surface area contributed by atoms with Crippen molar-refractivity contribution in [1.82, 2.24) is 0 Å². The molecule has 0 saturated heterocycles. The van der Waals surface area contributed by atoms with Crippen LogP contribution in [0.4, 0.5) is 0 Å². The number of rotatable bonds is 13. The van der Waals surface area contributed by atoms with Crippen LogP contribution in [0.3, 0.4) is 0 Å². The summed E-state index contributed by atoms with van der Waals surface area (Å²) < 4.78 is 4.56. The summed E-state index contributed by atoms with van der Waals surface area (Å²) >= 11 is 1.82. The fourth-order valence-electron chi connectivity index (χ4n) is 1.92. The molecular formula is C18H29AuO2. The van der Waals surface area contributed by atoms with Gasteiger partial charge in [0.15, 0.2) is 0 Å². The monoisotopic (exact) mass is 474 g/mol. The van der Waals surface area contributed by atoms with Crippen LogP contribution in [0.2, 0.25) is 0 Å². The molecule has 0 N–H and O–H groups in total. The summed E-state index contributed by atoms with van der Waals surface area (Å²) in [6, 6.07) is 0. The number of hydrogen-bond acceptors (Lipinski definition) is 2. The van der Waals surface area contributed by atoms with Crippen LogP contribution in [0.25, 0.3) is 0 Å². The number of carbonyl (C=O) groups is 1. The van der Waals surface area contributed by atoms with Crippen molar-refractivity contribution in [3.05, 3.63) is 36.5 Å². The van der Waals surface area contributed by atoms with Gasteiger partial charge in [-0.2, -0.15) is 0 Å². The van der Waals surface area contributed by atoms with E-state index < -0.39 is 0 Å². The minimum atomic E-state index is -0.112. The second kappa shape index (κ2) is 17.5. The van der Waals surface area contributed by atoms with E-state index in [-0.39, 0.29) is 5.97 Å². The molecule has 0 aromatic heterocycles. The van der Waals surface area contributed by atoms with E-state index in [9.17, 15) is 4.79 Å². The molecule has 3 heteroatoms. The van der Waals surface area contributed by atoms with Crippen molar-refractivity contribution in [3.63, 3.8) is 0 Å². The Hall–Kier alpha value is -0.570. The first-order valence-electron chi connectivity index (χ1n) is 8.04. The molecule has 0 unspecified atom stereocenters. The number of hydrogen-bond donors (Lipinski definition) is 0. The molecule has 0 bridgehead atoms. The Morgan fingerprint density at radius 2 is 1.43 bits per heavy atom. The Labute approximate surface area is 143 Å². The van der Waals surface area contributed by atoms with Crippen LogP contribution < -0.4 is 0 Å². The average Bonchev–Trinajstić information content (AvgIpc) is 2.50. The van der Waals surface area contributed by atoms with Crippen molar-refractivity contribution in [1.29, 1.82) is 0 Å². The van der Waals surface area contributed by atoms with E-state index in [4.69, 9.17) is 0 Å². The van der Waals surface area contributed by atoms with E-state index in [1.54, 1.807) is 0 Å². The van der Waals surface area contributed by atoms with Crippen LogP contribution in [0.1, 0.15) is 71.1 Å². The first kappa shape index (κ1) is 20.4. The van der Waals surface area contributed by atoms with Crippen LogP contribution in [0, 0.1) is 0 Å². The number of carbonyl (C=O) groups excluding carboxylic acids is 1. The summed E-state index contributed by atoms with van der Waals surface area (Å²) in [4.78, 5) is 10.9. The molecule has 0 aliphatic heterocycles. The molecule has 0 atom stereocenters. The molecule has 2 nitrogen and oxygen atoms in total. The van der Waals surface area contributed by atoms with Gasteiger partial charge in [0, 0.05) is 0 Å². The van der Waals surface area contributed by atoms with E-state index in [1.165, 1.54) is 25.7 Å². The maximum absolute atomic E-state index is 10.9. The summed E-state index contributed by atoms with van der Waals surface area (Å²) in [5.41, 5.74) is 0. The molecule has 21 heavy (non-hydrogen) atoms. The van der Waals surface area contributed by atoms with Crippen LogP contribution >= 0.6 is 0 Å². The van der Waals surface area contributed by atoms with Crippen molar-refractivity contribution in [2.45, 2.75) is 71.1 Å². The summed E-state index contributed by atoms with van der Waals surface area (Å²) in [5, 5.41) is 0. The van der Waals surface area contributed by atoms with E-state index in [0.717, 1.165) is 32.1 Å². The second-order valence-corrected chi connectivity index (χ2v) is 5.48. The topological polar surface area (TPSA) is 26.3 Å². The Morgan fingerprint density at radius 3 is 2.10 bits per heavy atom. The molecule has 0 aromatic rings. The van der Waals surface area contributed by atoms with Gasteiger partial charge in [0.2, 0.25) is 0 Å². The predicted molar refractivity (Wildman–Crippen MR) is 85.4 cm³/mol. The van der Waals surface area contributed by atoms with Gasteiger partial charge >= 0.3 is 99.0 Å². The van der Waals surface area contributed by atoms with E-state index in [2.05, 4.69) is 46.6 Å². The van der Waals surface area contributed by atoms with Gasteiger partial charge < -0.3 is 0 Å². The Kier molecular flexibility index (Phi) is 17.0. The molecule has 0 fully saturated rings. The first-order valence-corrected chi connectivity index (χ1v) is 8.93. The van der Waals surface area contributed by atoms with Crippen molar-refractivity contribution >= 4 is 5.97 Å². The SMILES string of the molecule is CC/C=C\C/C=C\C/C=C\CCCCCCCC(=O)[O][Au]. The molecule has 0 amide bonds. The molecule has 0 spiro atoms. The molecular weight excluding hydrogens is 445 g/mol. The molecule has 0 aliphatic carbocycles. The molecule has 124 valence electrons. The third-order valence-electron chi connectivity index (χ3n) is 3.10. The van der Waals surface area contributed by atoms with Crippen molar-refractivity contribution < 1.29 is 29.5 Å². The summed E-state index contributed by atoms with van der Waals surface area (Å²) in [7, 11) is 0. The summed E-state index contributed by atoms with van der Waals surface area (Å²) in [6.45, 7) is 2.15. The van der Waals surface area contributed by atoms with Gasteiger partial charge in [-0.25, -0.2) is 0 Å². The van der Waals surface area contributed by atoms with Gasteiger partial charge in [-0.05, 0) is 12.8 Å². The quantitative estimate of drug-likeness (QED) is 0.198. The molecule has 0 rings (SSSR count). The first-order chi connectivity index (χ1) is 10.3. The zero-order chi connectivity index (χ0) is 15.6.